The number of H-pyrrole nitrogens is 1. The van der Waals surface area contributed by atoms with Gasteiger partial charge in [-0.3, -0.25) is 0 Å². The van der Waals surface area contributed by atoms with Gasteiger partial charge in [-0.25, -0.2) is 0 Å². The van der Waals surface area contributed by atoms with Crippen LogP contribution in [0.15, 0.2) is 30.5 Å². The molecule has 0 amide bonds. The summed E-state index contributed by atoms with van der Waals surface area (Å²) in [5.41, 5.74) is 2.60. The molecule has 20 heavy (non-hydrogen) atoms. The molecule has 2 heterocycles. The zero-order valence-corrected chi connectivity index (χ0v) is 11.6. The number of aromatic nitrogens is 1. The number of benzene rings is 1. The van der Waals surface area contributed by atoms with Crippen molar-refractivity contribution in [2.45, 2.75) is 18.9 Å². The molecule has 1 aromatic carbocycles. The minimum atomic E-state index is 0.330. The maximum atomic E-state index is 8.79. The smallest absolute Gasteiger partial charge is 0.0638 e. The van der Waals surface area contributed by atoms with E-state index in [0.29, 0.717) is 12.5 Å². The van der Waals surface area contributed by atoms with Crippen molar-refractivity contribution in [3.05, 3.63) is 36.0 Å². The lowest BCUT2D eigenvalue weighted by molar-refractivity contribution is 0.203. The second-order valence-electron chi connectivity index (χ2n) is 5.42. The van der Waals surface area contributed by atoms with Crippen molar-refractivity contribution < 1.29 is 0 Å². The lowest BCUT2D eigenvalue weighted by Crippen LogP contribution is -2.50. The number of hydrogen-bond donors (Lipinski definition) is 2. The molecule has 0 spiro atoms. The Kier molecular flexibility index (Phi) is 4.00. The molecule has 3 rings (SSSR count). The molecule has 1 fully saturated rings. The molecule has 1 atom stereocenters. The van der Waals surface area contributed by atoms with Gasteiger partial charge in [-0.05, 0) is 18.1 Å². The molecule has 0 saturated carbocycles. The molecule has 1 aromatic heterocycles. The van der Waals surface area contributed by atoms with Gasteiger partial charge in [-0.1, -0.05) is 18.2 Å². The third-order valence-electron chi connectivity index (χ3n) is 4.05. The first-order chi connectivity index (χ1) is 9.86. The van der Waals surface area contributed by atoms with Gasteiger partial charge >= 0.3 is 0 Å². The second kappa shape index (κ2) is 6.08. The average molecular weight is 268 g/mol. The molecule has 0 aliphatic carbocycles. The molecule has 1 aliphatic heterocycles. The highest BCUT2D eigenvalue weighted by molar-refractivity contribution is 5.83. The van der Waals surface area contributed by atoms with Crippen molar-refractivity contribution in [3.8, 4) is 6.07 Å². The summed E-state index contributed by atoms with van der Waals surface area (Å²) in [6, 6.07) is 11.0. The summed E-state index contributed by atoms with van der Waals surface area (Å²) in [6.07, 6.45) is 3.78. The SMILES string of the molecule is N#CCC1CN(CCc2c[nH]c3ccccc23)CCN1. The van der Waals surface area contributed by atoms with E-state index in [9.17, 15) is 0 Å². The number of piperazine rings is 1. The Labute approximate surface area is 119 Å². The molecule has 0 bridgehead atoms. The first-order valence-electron chi connectivity index (χ1n) is 7.24. The fourth-order valence-corrected chi connectivity index (χ4v) is 2.96. The minimum Gasteiger partial charge on any atom is -0.361 e. The number of rotatable bonds is 4. The third kappa shape index (κ3) is 2.84. The van der Waals surface area contributed by atoms with E-state index in [1.165, 1.54) is 16.5 Å². The molecule has 104 valence electrons. The van der Waals surface area contributed by atoms with Gasteiger partial charge in [0.15, 0.2) is 0 Å². The Morgan fingerprint density at radius 3 is 3.15 bits per heavy atom. The number of nitriles is 1. The maximum absolute atomic E-state index is 8.79. The molecule has 1 unspecified atom stereocenters. The predicted molar refractivity (Wildman–Crippen MR) is 80.5 cm³/mol. The van der Waals surface area contributed by atoms with Crippen LogP contribution < -0.4 is 5.32 Å². The summed E-state index contributed by atoms with van der Waals surface area (Å²) in [5.74, 6) is 0. The monoisotopic (exact) mass is 268 g/mol. The van der Waals surface area contributed by atoms with E-state index in [4.69, 9.17) is 5.26 Å². The first kappa shape index (κ1) is 13.2. The quantitative estimate of drug-likeness (QED) is 0.890. The van der Waals surface area contributed by atoms with Gasteiger partial charge in [0.25, 0.3) is 0 Å². The van der Waals surface area contributed by atoms with Crippen molar-refractivity contribution in [1.82, 2.24) is 15.2 Å². The summed E-state index contributed by atoms with van der Waals surface area (Å²) >= 11 is 0. The van der Waals surface area contributed by atoms with Crippen molar-refractivity contribution in [2.75, 3.05) is 26.2 Å². The van der Waals surface area contributed by atoms with Crippen LogP contribution in [-0.4, -0.2) is 42.1 Å². The Bertz CT molecular complexity index is 610. The zero-order chi connectivity index (χ0) is 13.8. The summed E-state index contributed by atoms with van der Waals surface area (Å²) < 4.78 is 0. The van der Waals surface area contributed by atoms with Crippen LogP contribution in [0.1, 0.15) is 12.0 Å². The van der Waals surface area contributed by atoms with Crippen LogP contribution in [0.2, 0.25) is 0 Å². The summed E-state index contributed by atoms with van der Waals surface area (Å²) in [7, 11) is 0. The molecule has 4 nitrogen and oxygen atoms in total. The van der Waals surface area contributed by atoms with Crippen LogP contribution in [0.4, 0.5) is 0 Å². The Hall–Kier alpha value is -1.83. The van der Waals surface area contributed by atoms with Crippen LogP contribution in [0.3, 0.4) is 0 Å². The van der Waals surface area contributed by atoms with Crippen LogP contribution in [0, 0.1) is 11.3 Å². The van der Waals surface area contributed by atoms with Crippen LogP contribution in [0.5, 0.6) is 0 Å². The number of para-hydroxylation sites is 1. The van der Waals surface area contributed by atoms with E-state index in [0.717, 1.165) is 32.6 Å². The third-order valence-corrected chi connectivity index (χ3v) is 4.05. The highest BCUT2D eigenvalue weighted by atomic mass is 15.2. The fraction of sp³-hybridized carbons (Fsp3) is 0.438. The molecular weight excluding hydrogens is 248 g/mol. The van der Waals surface area contributed by atoms with Gasteiger partial charge in [0.05, 0.1) is 12.5 Å². The van der Waals surface area contributed by atoms with Crippen molar-refractivity contribution in [1.29, 1.82) is 5.26 Å². The van der Waals surface area contributed by atoms with E-state index in [1.807, 2.05) is 0 Å². The van der Waals surface area contributed by atoms with Crippen LogP contribution in [0.25, 0.3) is 10.9 Å². The van der Waals surface area contributed by atoms with Gasteiger partial charge in [0.2, 0.25) is 0 Å². The highest BCUT2D eigenvalue weighted by Crippen LogP contribution is 2.18. The normalized spacial score (nSPS) is 20.1. The van der Waals surface area contributed by atoms with Crippen LogP contribution in [-0.2, 0) is 6.42 Å². The maximum Gasteiger partial charge on any atom is 0.0638 e. The van der Waals surface area contributed by atoms with Gasteiger partial charge in [0, 0.05) is 49.3 Å². The minimum absolute atomic E-state index is 0.330. The lowest BCUT2D eigenvalue weighted by atomic mass is 10.1. The van der Waals surface area contributed by atoms with Crippen molar-refractivity contribution in [3.63, 3.8) is 0 Å². The standard InChI is InChI=1S/C16H20N4/c17-7-5-14-12-20(10-8-18-14)9-6-13-11-19-16-4-2-1-3-15(13)16/h1-4,11,14,18-19H,5-6,8-10,12H2. The molecule has 2 aromatic rings. The van der Waals surface area contributed by atoms with Gasteiger partial charge in [-0.15, -0.1) is 0 Å². The lowest BCUT2D eigenvalue weighted by Gasteiger charge is -2.32. The number of nitrogens with one attached hydrogen (secondary N) is 2. The van der Waals surface area contributed by atoms with Gasteiger partial charge in [-0.2, -0.15) is 5.26 Å². The van der Waals surface area contributed by atoms with Crippen molar-refractivity contribution >= 4 is 10.9 Å². The summed E-state index contributed by atoms with van der Waals surface area (Å²) in [4.78, 5) is 5.79. The molecule has 1 aliphatic rings. The van der Waals surface area contributed by atoms with E-state index >= 15 is 0 Å². The van der Waals surface area contributed by atoms with Crippen LogP contribution >= 0.6 is 0 Å². The second-order valence-corrected chi connectivity index (χ2v) is 5.42. The fourth-order valence-electron chi connectivity index (χ4n) is 2.96. The number of fused-ring (bicyclic) bond motifs is 1. The predicted octanol–water partition coefficient (Wildman–Crippen LogP) is 1.90. The molecule has 1 saturated heterocycles. The van der Waals surface area contributed by atoms with E-state index < -0.39 is 0 Å². The largest absolute Gasteiger partial charge is 0.361 e. The Morgan fingerprint density at radius 1 is 1.35 bits per heavy atom. The van der Waals surface area contributed by atoms with Crippen molar-refractivity contribution in [2.24, 2.45) is 0 Å². The van der Waals surface area contributed by atoms with Gasteiger partial charge < -0.3 is 15.2 Å². The topological polar surface area (TPSA) is 54.9 Å². The molecular formula is C16H20N4. The highest BCUT2D eigenvalue weighted by Gasteiger charge is 2.18. The van der Waals surface area contributed by atoms with E-state index in [2.05, 4.69) is 51.7 Å². The average Bonchev–Trinajstić information content (AvgIpc) is 2.89. The Balaban J connectivity index is 1.60. The number of nitrogens with zero attached hydrogens (tertiary/aromatic N) is 2. The number of aromatic amines is 1. The number of hydrogen-bond acceptors (Lipinski definition) is 3. The van der Waals surface area contributed by atoms with E-state index in [1.54, 1.807) is 0 Å². The van der Waals surface area contributed by atoms with E-state index in [-0.39, 0.29) is 0 Å². The molecule has 2 N–H and O–H groups in total. The van der Waals surface area contributed by atoms with Gasteiger partial charge in [0.1, 0.15) is 0 Å². The summed E-state index contributed by atoms with van der Waals surface area (Å²) in [6.45, 7) is 4.10. The zero-order valence-electron chi connectivity index (χ0n) is 11.6. The molecule has 4 heteroatoms. The molecule has 0 radical (unpaired) electrons. The summed E-state index contributed by atoms with van der Waals surface area (Å²) in [5, 5.41) is 13.5. The first-order valence-corrected chi connectivity index (χ1v) is 7.24. The Morgan fingerprint density at radius 2 is 2.25 bits per heavy atom.